The van der Waals surface area contributed by atoms with Crippen LogP contribution in [0.2, 0.25) is 0 Å². The third-order valence-corrected chi connectivity index (χ3v) is 2.15. The molecule has 0 radical (unpaired) electrons. The standard InChI is InChI=1S/C7H15NO4S.Na/c1-3-7(2)8-12-5-4-6-13(9,10)11;/h3-6H2,1-2H3,(H,9,10,11);/q;+1/p-1. The van der Waals surface area contributed by atoms with E-state index < -0.39 is 15.9 Å². The Labute approximate surface area is 107 Å². The van der Waals surface area contributed by atoms with Gasteiger partial charge in [0.2, 0.25) is 0 Å². The summed E-state index contributed by atoms with van der Waals surface area (Å²) < 4.78 is 30.4. The molecule has 0 atom stereocenters. The molecular weight excluding hydrogens is 217 g/mol. The summed E-state index contributed by atoms with van der Waals surface area (Å²) in [6, 6.07) is 0. The first kappa shape index (κ1) is 16.8. The molecule has 14 heavy (non-hydrogen) atoms. The molecule has 0 aliphatic heterocycles. The molecule has 5 nitrogen and oxygen atoms in total. The first-order valence-corrected chi connectivity index (χ1v) is 5.62. The predicted molar refractivity (Wildman–Crippen MR) is 48.5 cm³/mol. The molecule has 0 aliphatic rings. The smallest absolute Gasteiger partial charge is 0.748 e. The second-order valence-electron chi connectivity index (χ2n) is 2.63. The molecule has 0 aromatic heterocycles. The van der Waals surface area contributed by atoms with Crippen LogP contribution in [0.5, 0.6) is 0 Å². The van der Waals surface area contributed by atoms with E-state index in [9.17, 15) is 13.0 Å². The van der Waals surface area contributed by atoms with Gasteiger partial charge in [0.25, 0.3) is 0 Å². The predicted octanol–water partition coefficient (Wildman–Crippen LogP) is -2.27. The van der Waals surface area contributed by atoms with E-state index in [1.54, 1.807) is 0 Å². The van der Waals surface area contributed by atoms with Crippen LogP contribution in [-0.4, -0.2) is 31.0 Å². The average molecular weight is 231 g/mol. The summed E-state index contributed by atoms with van der Waals surface area (Å²) in [5.74, 6) is -0.395. The first-order valence-electron chi connectivity index (χ1n) is 4.04. The van der Waals surface area contributed by atoms with Crippen LogP contribution in [0, 0.1) is 0 Å². The summed E-state index contributed by atoms with van der Waals surface area (Å²) in [6.45, 7) is 3.91. The van der Waals surface area contributed by atoms with Crippen molar-refractivity contribution in [3.05, 3.63) is 0 Å². The fourth-order valence-electron chi connectivity index (χ4n) is 0.521. The summed E-state index contributed by atoms with van der Waals surface area (Å²) in [5.41, 5.74) is 0.838. The molecule has 78 valence electrons. The van der Waals surface area contributed by atoms with Gasteiger partial charge in [-0.1, -0.05) is 12.1 Å². The van der Waals surface area contributed by atoms with Crippen molar-refractivity contribution >= 4 is 15.8 Å². The molecule has 0 rings (SSSR count). The van der Waals surface area contributed by atoms with Crippen LogP contribution in [0.1, 0.15) is 26.7 Å². The normalized spacial score (nSPS) is 12.1. The van der Waals surface area contributed by atoms with E-state index in [1.807, 2.05) is 13.8 Å². The van der Waals surface area contributed by atoms with Gasteiger partial charge in [0, 0.05) is 5.75 Å². The van der Waals surface area contributed by atoms with Crippen LogP contribution in [0.3, 0.4) is 0 Å². The van der Waals surface area contributed by atoms with E-state index in [0.717, 1.165) is 12.1 Å². The van der Waals surface area contributed by atoms with Crippen molar-refractivity contribution < 1.29 is 47.4 Å². The van der Waals surface area contributed by atoms with Crippen molar-refractivity contribution in [2.24, 2.45) is 5.16 Å². The Morgan fingerprint density at radius 1 is 1.50 bits per heavy atom. The molecule has 0 heterocycles. The van der Waals surface area contributed by atoms with E-state index in [0.29, 0.717) is 0 Å². The molecule has 0 amide bonds. The van der Waals surface area contributed by atoms with Gasteiger partial charge in [-0.15, -0.1) is 0 Å². The molecule has 0 spiro atoms. The SMILES string of the molecule is CCC(C)=NOCCCS(=O)(=O)[O-].[Na+]. The maximum absolute atomic E-state index is 10.1. The Bertz CT molecular complexity index is 263. The Morgan fingerprint density at radius 3 is 2.50 bits per heavy atom. The number of oxime groups is 1. The zero-order valence-electron chi connectivity index (χ0n) is 8.82. The largest absolute Gasteiger partial charge is 1.00 e. The Morgan fingerprint density at radius 2 is 2.07 bits per heavy atom. The van der Waals surface area contributed by atoms with Crippen molar-refractivity contribution in [1.82, 2.24) is 0 Å². The number of hydrogen-bond donors (Lipinski definition) is 0. The van der Waals surface area contributed by atoms with Crippen molar-refractivity contribution in [2.75, 3.05) is 12.4 Å². The van der Waals surface area contributed by atoms with Crippen molar-refractivity contribution in [3.63, 3.8) is 0 Å². The molecule has 0 fully saturated rings. The van der Waals surface area contributed by atoms with Gasteiger partial charge >= 0.3 is 29.6 Å². The average Bonchev–Trinajstić information content (AvgIpc) is 2.01. The zero-order chi connectivity index (χ0) is 10.3. The summed E-state index contributed by atoms with van der Waals surface area (Å²) in [7, 11) is -4.11. The molecule has 0 aliphatic carbocycles. The fraction of sp³-hybridized carbons (Fsp3) is 0.857. The number of hydrogen-bond acceptors (Lipinski definition) is 5. The van der Waals surface area contributed by atoms with E-state index in [4.69, 9.17) is 4.84 Å². The summed E-state index contributed by atoms with van der Waals surface area (Å²) in [5, 5.41) is 3.68. The van der Waals surface area contributed by atoms with Gasteiger partial charge < -0.3 is 9.39 Å². The van der Waals surface area contributed by atoms with Crippen LogP contribution in [0.4, 0.5) is 0 Å². The van der Waals surface area contributed by atoms with Gasteiger partial charge in [-0.25, -0.2) is 8.42 Å². The maximum atomic E-state index is 10.1. The molecular formula is C7H14NNaO4S. The summed E-state index contributed by atoms with van der Waals surface area (Å²) in [4.78, 5) is 4.77. The molecule has 0 N–H and O–H groups in total. The minimum Gasteiger partial charge on any atom is -0.748 e. The topological polar surface area (TPSA) is 78.8 Å². The van der Waals surface area contributed by atoms with Crippen molar-refractivity contribution in [2.45, 2.75) is 26.7 Å². The van der Waals surface area contributed by atoms with Crippen molar-refractivity contribution in [3.8, 4) is 0 Å². The van der Waals surface area contributed by atoms with Crippen LogP contribution >= 0.6 is 0 Å². The minimum absolute atomic E-state index is 0. The monoisotopic (exact) mass is 231 g/mol. The van der Waals surface area contributed by atoms with Gasteiger partial charge in [0.1, 0.15) is 6.61 Å². The first-order chi connectivity index (χ1) is 5.95. The Balaban J connectivity index is 0. The third-order valence-electron chi connectivity index (χ3n) is 1.36. The quantitative estimate of drug-likeness (QED) is 0.170. The minimum atomic E-state index is -4.11. The molecule has 0 bridgehead atoms. The van der Waals surface area contributed by atoms with Gasteiger partial charge in [0.05, 0.1) is 15.8 Å². The number of nitrogens with zero attached hydrogens (tertiary/aromatic N) is 1. The van der Waals surface area contributed by atoms with Gasteiger partial charge in [-0.3, -0.25) is 0 Å². The molecule has 0 saturated heterocycles. The number of rotatable bonds is 6. The van der Waals surface area contributed by atoms with Crippen molar-refractivity contribution in [1.29, 1.82) is 0 Å². The Hall–Kier alpha value is 0.380. The van der Waals surface area contributed by atoms with Gasteiger partial charge in [-0.2, -0.15) is 0 Å². The second-order valence-corrected chi connectivity index (χ2v) is 4.15. The third kappa shape index (κ3) is 12.4. The van der Waals surface area contributed by atoms with Crippen LogP contribution in [0.15, 0.2) is 5.16 Å². The van der Waals surface area contributed by atoms with Crippen LogP contribution < -0.4 is 29.6 Å². The van der Waals surface area contributed by atoms with Crippen LogP contribution in [-0.2, 0) is 15.0 Å². The summed E-state index contributed by atoms with van der Waals surface area (Å²) in [6.07, 6.45) is 0.978. The zero-order valence-corrected chi connectivity index (χ0v) is 11.6. The molecule has 0 aromatic rings. The van der Waals surface area contributed by atoms with E-state index in [2.05, 4.69) is 5.16 Å². The molecule has 7 heteroatoms. The van der Waals surface area contributed by atoms with E-state index in [1.165, 1.54) is 0 Å². The van der Waals surface area contributed by atoms with Crippen LogP contribution in [0.25, 0.3) is 0 Å². The fourth-order valence-corrected chi connectivity index (χ4v) is 0.992. The van der Waals surface area contributed by atoms with E-state index >= 15 is 0 Å². The Kier molecular flexibility index (Phi) is 10.4. The van der Waals surface area contributed by atoms with Gasteiger partial charge in [0.15, 0.2) is 0 Å². The van der Waals surface area contributed by atoms with E-state index in [-0.39, 0.29) is 42.6 Å². The molecule has 0 unspecified atom stereocenters. The van der Waals surface area contributed by atoms with Gasteiger partial charge in [-0.05, 0) is 19.8 Å². The maximum Gasteiger partial charge on any atom is 1.00 e. The molecule has 0 aromatic carbocycles. The summed E-state index contributed by atoms with van der Waals surface area (Å²) >= 11 is 0. The second kappa shape index (κ2) is 8.67. The molecule has 0 saturated carbocycles.